The minimum atomic E-state index is -0.146. The molecule has 0 saturated carbocycles. The van der Waals surface area contributed by atoms with Crippen LogP contribution in [-0.2, 0) is 0 Å². The molecule has 1 atom stereocenters. The molecule has 1 aliphatic rings. The SMILES string of the molecule is CCCOc1ccc(C2c3c(-c4ccc(C)cc4)n[nH]c3C(=O)N2CCC)cc1. The van der Waals surface area contributed by atoms with Gasteiger partial charge in [0.05, 0.1) is 18.3 Å². The van der Waals surface area contributed by atoms with E-state index >= 15 is 0 Å². The van der Waals surface area contributed by atoms with E-state index in [1.165, 1.54) is 5.56 Å². The fourth-order valence-corrected chi connectivity index (χ4v) is 3.91. The number of aromatic amines is 1. The predicted octanol–water partition coefficient (Wildman–Crippen LogP) is 5.13. The van der Waals surface area contributed by atoms with E-state index in [0.29, 0.717) is 18.8 Å². The molecular formula is C24H27N3O2. The molecular weight excluding hydrogens is 362 g/mol. The van der Waals surface area contributed by atoms with Crippen LogP contribution in [0.25, 0.3) is 11.3 Å². The molecule has 2 heterocycles. The van der Waals surface area contributed by atoms with Crippen molar-refractivity contribution in [1.29, 1.82) is 0 Å². The van der Waals surface area contributed by atoms with Gasteiger partial charge >= 0.3 is 0 Å². The van der Waals surface area contributed by atoms with E-state index < -0.39 is 0 Å². The Bertz CT molecular complexity index is 990. The van der Waals surface area contributed by atoms with Gasteiger partial charge in [-0.25, -0.2) is 0 Å². The second kappa shape index (κ2) is 8.11. The molecule has 0 saturated heterocycles. The zero-order valence-electron chi connectivity index (χ0n) is 17.2. The van der Waals surface area contributed by atoms with Crippen molar-refractivity contribution in [2.24, 2.45) is 0 Å². The first-order valence-corrected chi connectivity index (χ1v) is 10.3. The van der Waals surface area contributed by atoms with Gasteiger partial charge in [0.2, 0.25) is 0 Å². The fourth-order valence-electron chi connectivity index (χ4n) is 3.91. The number of aryl methyl sites for hydroxylation is 1. The normalized spacial score (nSPS) is 15.6. The molecule has 0 bridgehead atoms. The lowest BCUT2D eigenvalue weighted by molar-refractivity contribution is 0.0744. The third-order valence-electron chi connectivity index (χ3n) is 5.32. The Morgan fingerprint density at radius 1 is 1.03 bits per heavy atom. The van der Waals surface area contributed by atoms with Gasteiger partial charge in [-0.3, -0.25) is 9.89 Å². The van der Waals surface area contributed by atoms with E-state index in [4.69, 9.17) is 4.74 Å². The summed E-state index contributed by atoms with van der Waals surface area (Å²) in [7, 11) is 0. The van der Waals surface area contributed by atoms with E-state index in [1.807, 2.05) is 17.0 Å². The van der Waals surface area contributed by atoms with Crippen molar-refractivity contribution in [3.63, 3.8) is 0 Å². The second-order valence-corrected chi connectivity index (χ2v) is 7.55. The number of fused-ring (bicyclic) bond motifs is 1. The van der Waals surface area contributed by atoms with Crippen molar-refractivity contribution in [2.75, 3.05) is 13.2 Å². The van der Waals surface area contributed by atoms with Crippen LogP contribution in [0.3, 0.4) is 0 Å². The smallest absolute Gasteiger partial charge is 0.273 e. The van der Waals surface area contributed by atoms with Gasteiger partial charge in [-0.2, -0.15) is 5.10 Å². The first-order valence-electron chi connectivity index (χ1n) is 10.3. The van der Waals surface area contributed by atoms with Crippen molar-refractivity contribution in [3.8, 4) is 17.0 Å². The Morgan fingerprint density at radius 2 is 1.76 bits per heavy atom. The molecule has 29 heavy (non-hydrogen) atoms. The third kappa shape index (κ3) is 3.53. The standard InChI is InChI=1S/C24H27N3O2/c1-4-14-27-23(18-10-12-19(13-11-18)29-15-5-2)20-21(25-26-22(20)24(27)28)17-8-6-16(3)7-9-17/h6-13,23H,4-5,14-15H2,1-3H3,(H,25,26). The highest BCUT2D eigenvalue weighted by Gasteiger charge is 2.41. The number of hydrogen-bond acceptors (Lipinski definition) is 3. The Morgan fingerprint density at radius 3 is 2.41 bits per heavy atom. The average Bonchev–Trinajstić information content (AvgIpc) is 3.28. The van der Waals surface area contributed by atoms with Crippen LogP contribution < -0.4 is 4.74 Å². The van der Waals surface area contributed by atoms with Gasteiger partial charge < -0.3 is 9.64 Å². The fraction of sp³-hybridized carbons (Fsp3) is 0.333. The van der Waals surface area contributed by atoms with Gasteiger partial charge in [-0.05, 0) is 37.5 Å². The lowest BCUT2D eigenvalue weighted by atomic mass is 9.95. The predicted molar refractivity (Wildman–Crippen MR) is 114 cm³/mol. The van der Waals surface area contributed by atoms with Crippen molar-refractivity contribution in [2.45, 2.75) is 39.7 Å². The van der Waals surface area contributed by atoms with Crippen LogP contribution in [-0.4, -0.2) is 34.2 Å². The number of carbonyl (C=O) groups excluding carboxylic acids is 1. The number of rotatable bonds is 7. The first kappa shape index (κ1) is 19.2. The second-order valence-electron chi connectivity index (χ2n) is 7.55. The Labute approximate surface area is 171 Å². The summed E-state index contributed by atoms with van der Waals surface area (Å²) >= 11 is 0. The summed E-state index contributed by atoms with van der Waals surface area (Å²) in [5, 5.41) is 7.53. The highest BCUT2D eigenvalue weighted by atomic mass is 16.5. The molecule has 1 amide bonds. The number of benzene rings is 2. The molecule has 3 aromatic rings. The molecule has 5 heteroatoms. The van der Waals surface area contributed by atoms with E-state index in [-0.39, 0.29) is 11.9 Å². The topological polar surface area (TPSA) is 58.2 Å². The number of nitrogens with zero attached hydrogens (tertiary/aromatic N) is 2. The van der Waals surface area contributed by atoms with Crippen LogP contribution in [0.2, 0.25) is 0 Å². The summed E-state index contributed by atoms with van der Waals surface area (Å²) in [6, 6.07) is 16.2. The minimum Gasteiger partial charge on any atom is -0.494 e. The lowest BCUT2D eigenvalue weighted by Crippen LogP contribution is -2.30. The molecule has 5 nitrogen and oxygen atoms in total. The number of H-pyrrole nitrogens is 1. The molecule has 1 N–H and O–H groups in total. The molecule has 4 rings (SSSR count). The molecule has 150 valence electrons. The molecule has 0 fully saturated rings. The average molecular weight is 389 g/mol. The number of ether oxygens (including phenoxy) is 1. The first-order chi connectivity index (χ1) is 14.1. The van der Waals surface area contributed by atoms with Gasteiger partial charge in [-0.15, -0.1) is 0 Å². The molecule has 2 aromatic carbocycles. The lowest BCUT2D eigenvalue weighted by Gasteiger charge is -2.26. The highest BCUT2D eigenvalue weighted by Crippen LogP contribution is 2.43. The maximum atomic E-state index is 13.1. The van der Waals surface area contributed by atoms with E-state index in [2.05, 4.69) is 67.4 Å². The summed E-state index contributed by atoms with van der Waals surface area (Å²) in [5.74, 6) is 0.872. The van der Waals surface area contributed by atoms with Crippen molar-refractivity contribution in [3.05, 3.63) is 70.9 Å². The zero-order chi connectivity index (χ0) is 20.4. The molecule has 0 spiro atoms. The largest absolute Gasteiger partial charge is 0.494 e. The number of hydrogen-bond donors (Lipinski definition) is 1. The number of aromatic nitrogens is 2. The minimum absolute atomic E-state index is 0.0176. The summed E-state index contributed by atoms with van der Waals surface area (Å²) in [6.45, 7) is 7.66. The number of nitrogens with one attached hydrogen (secondary N) is 1. The van der Waals surface area contributed by atoms with Crippen LogP contribution in [0.15, 0.2) is 48.5 Å². The summed E-state index contributed by atoms with van der Waals surface area (Å²) in [6.07, 6.45) is 1.87. The maximum Gasteiger partial charge on any atom is 0.273 e. The van der Waals surface area contributed by atoms with Gasteiger partial charge in [0.15, 0.2) is 0 Å². The quantitative estimate of drug-likeness (QED) is 0.609. The van der Waals surface area contributed by atoms with Crippen LogP contribution in [0.5, 0.6) is 5.75 Å². The van der Waals surface area contributed by atoms with Crippen LogP contribution in [0.4, 0.5) is 0 Å². The Hall–Kier alpha value is -3.08. The maximum absolute atomic E-state index is 13.1. The molecule has 0 aliphatic carbocycles. The Balaban J connectivity index is 1.77. The zero-order valence-corrected chi connectivity index (χ0v) is 17.2. The Kier molecular flexibility index (Phi) is 5.38. The van der Waals surface area contributed by atoms with Gasteiger partial charge in [-0.1, -0.05) is 55.8 Å². The van der Waals surface area contributed by atoms with Gasteiger partial charge in [0.1, 0.15) is 11.4 Å². The number of carbonyl (C=O) groups is 1. The van der Waals surface area contributed by atoms with E-state index in [0.717, 1.165) is 41.0 Å². The number of amides is 1. The van der Waals surface area contributed by atoms with Gasteiger partial charge in [0.25, 0.3) is 5.91 Å². The van der Waals surface area contributed by atoms with Crippen LogP contribution >= 0.6 is 0 Å². The third-order valence-corrected chi connectivity index (χ3v) is 5.32. The summed E-state index contributed by atoms with van der Waals surface area (Å²) < 4.78 is 5.73. The van der Waals surface area contributed by atoms with Crippen LogP contribution in [0.1, 0.15) is 59.9 Å². The summed E-state index contributed by atoms with van der Waals surface area (Å²) in [4.78, 5) is 15.1. The molecule has 1 aliphatic heterocycles. The van der Waals surface area contributed by atoms with E-state index in [9.17, 15) is 4.79 Å². The van der Waals surface area contributed by atoms with Crippen molar-refractivity contribution >= 4 is 5.91 Å². The molecule has 1 unspecified atom stereocenters. The van der Waals surface area contributed by atoms with Crippen LogP contribution in [0, 0.1) is 6.92 Å². The van der Waals surface area contributed by atoms with Gasteiger partial charge in [0, 0.05) is 17.7 Å². The van der Waals surface area contributed by atoms with Crippen molar-refractivity contribution in [1.82, 2.24) is 15.1 Å². The summed E-state index contributed by atoms with van der Waals surface area (Å²) in [5.41, 5.74) is 5.71. The van der Waals surface area contributed by atoms with E-state index in [1.54, 1.807) is 0 Å². The monoisotopic (exact) mass is 389 g/mol. The van der Waals surface area contributed by atoms with Crippen molar-refractivity contribution < 1.29 is 9.53 Å². The molecule has 0 radical (unpaired) electrons. The highest BCUT2D eigenvalue weighted by molar-refractivity contribution is 6.00. The molecule has 1 aromatic heterocycles.